The van der Waals surface area contributed by atoms with Crippen molar-refractivity contribution in [2.75, 3.05) is 31.1 Å². The van der Waals surface area contributed by atoms with Crippen molar-refractivity contribution in [3.8, 4) is 0 Å². The molecule has 2 nitrogen and oxygen atoms in total. The van der Waals surface area contributed by atoms with E-state index in [0.717, 1.165) is 19.0 Å². The first-order valence-corrected chi connectivity index (χ1v) is 7.82. The van der Waals surface area contributed by atoms with Crippen molar-refractivity contribution in [3.05, 3.63) is 42.5 Å². The van der Waals surface area contributed by atoms with Crippen LogP contribution in [0, 0.1) is 5.92 Å². The van der Waals surface area contributed by atoms with E-state index in [0.29, 0.717) is 0 Å². The molecule has 1 aliphatic heterocycles. The molecule has 106 valence electrons. The van der Waals surface area contributed by atoms with Gasteiger partial charge in [-0.3, -0.25) is 0 Å². The van der Waals surface area contributed by atoms with Gasteiger partial charge in [0.05, 0.1) is 0 Å². The van der Waals surface area contributed by atoms with Crippen molar-refractivity contribution in [1.29, 1.82) is 0 Å². The summed E-state index contributed by atoms with van der Waals surface area (Å²) >= 11 is 0. The molecule has 0 bridgehead atoms. The number of nitrogens with one attached hydrogen (secondary N) is 1. The topological polar surface area (TPSA) is 15.3 Å². The number of anilines is 1. The highest BCUT2D eigenvalue weighted by Crippen LogP contribution is 2.27. The maximum Gasteiger partial charge on any atom is 0.0445 e. The van der Waals surface area contributed by atoms with Gasteiger partial charge in [-0.05, 0) is 50.2 Å². The number of benzene rings is 2. The third kappa shape index (κ3) is 2.80. The summed E-state index contributed by atoms with van der Waals surface area (Å²) in [6.07, 6.45) is 2.67. The van der Waals surface area contributed by atoms with Crippen molar-refractivity contribution in [2.45, 2.75) is 19.8 Å². The molecule has 1 saturated heterocycles. The predicted octanol–water partition coefficient (Wildman–Crippen LogP) is 3.67. The Morgan fingerprint density at radius 3 is 2.80 bits per heavy atom. The van der Waals surface area contributed by atoms with Gasteiger partial charge >= 0.3 is 0 Å². The van der Waals surface area contributed by atoms with Crippen molar-refractivity contribution in [3.63, 3.8) is 0 Å². The van der Waals surface area contributed by atoms with E-state index in [9.17, 15) is 0 Å². The molecule has 2 heteroatoms. The molecule has 1 fully saturated rings. The average Bonchev–Trinajstić information content (AvgIpc) is 2.53. The zero-order valence-corrected chi connectivity index (χ0v) is 12.3. The second-order valence-corrected chi connectivity index (χ2v) is 5.75. The molecule has 0 spiro atoms. The molecule has 0 amide bonds. The third-order valence-corrected chi connectivity index (χ3v) is 4.37. The van der Waals surface area contributed by atoms with E-state index < -0.39 is 0 Å². The molecular weight excluding hydrogens is 244 g/mol. The van der Waals surface area contributed by atoms with E-state index in [1.165, 1.54) is 42.4 Å². The highest BCUT2D eigenvalue weighted by Gasteiger charge is 2.17. The van der Waals surface area contributed by atoms with E-state index in [4.69, 9.17) is 0 Å². The lowest BCUT2D eigenvalue weighted by Crippen LogP contribution is -2.38. The van der Waals surface area contributed by atoms with Gasteiger partial charge in [0.15, 0.2) is 0 Å². The molecule has 1 N–H and O–H groups in total. The van der Waals surface area contributed by atoms with E-state index >= 15 is 0 Å². The molecule has 1 aliphatic rings. The largest absolute Gasteiger partial charge is 0.371 e. The first-order valence-electron chi connectivity index (χ1n) is 7.82. The SMILES string of the molecule is CCN(CC1CCCNC1)c1cccc2ccccc12. The Kier molecular flexibility index (Phi) is 4.22. The minimum absolute atomic E-state index is 0.780. The molecule has 1 heterocycles. The van der Waals surface area contributed by atoms with Crippen LogP contribution in [0.2, 0.25) is 0 Å². The fourth-order valence-corrected chi connectivity index (χ4v) is 3.27. The van der Waals surface area contributed by atoms with E-state index in [1.54, 1.807) is 0 Å². The summed E-state index contributed by atoms with van der Waals surface area (Å²) in [7, 11) is 0. The number of fused-ring (bicyclic) bond motifs is 1. The summed E-state index contributed by atoms with van der Waals surface area (Å²) in [5.41, 5.74) is 1.39. The quantitative estimate of drug-likeness (QED) is 0.910. The van der Waals surface area contributed by atoms with E-state index in [1.807, 2.05) is 0 Å². The summed E-state index contributed by atoms with van der Waals surface area (Å²) < 4.78 is 0. The summed E-state index contributed by atoms with van der Waals surface area (Å²) in [5, 5.41) is 6.24. The Labute approximate surface area is 121 Å². The van der Waals surface area contributed by atoms with Gasteiger partial charge in [-0.25, -0.2) is 0 Å². The lowest BCUT2D eigenvalue weighted by atomic mass is 9.98. The van der Waals surface area contributed by atoms with Crippen molar-refractivity contribution in [1.82, 2.24) is 5.32 Å². The van der Waals surface area contributed by atoms with Gasteiger partial charge in [-0.1, -0.05) is 36.4 Å². The van der Waals surface area contributed by atoms with Crippen LogP contribution in [0.25, 0.3) is 10.8 Å². The van der Waals surface area contributed by atoms with Crippen molar-refractivity contribution in [2.24, 2.45) is 5.92 Å². The fourth-order valence-electron chi connectivity index (χ4n) is 3.27. The summed E-state index contributed by atoms with van der Waals surface area (Å²) in [5.74, 6) is 0.780. The first-order chi connectivity index (χ1) is 9.88. The van der Waals surface area contributed by atoms with Gasteiger partial charge in [0.1, 0.15) is 0 Å². The maximum atomic E-state index is 3.53. The van der Waals surface area contributed by atoms with Crippen LogP contribution >= 0.6 is 0 Å². The number of rotatable bonds is 4. The molecule has 1 unspecified atom stereocenters. The zero-order valence-electron chi connectivity index (χ0n) is 12.3. The molecule has 2 aromatic rings. The first kappa shape index (κ1) is 13.4. The van der Waals surface area contributed by atoms with Gasteiger partial charge in [0.25, 0.3) is 0 Å². The van der Waals surface area contributed by atoms with Crippen LogP contribution in [-0.4, -0.2) is 26.2 Å². The molecule has 3 rings (SSSR count). The Morgan fingerprint density at radius 2 is 2.00 bits per heavy atom. The van der Waals surface area contributed by atoms with Crippen LogP contribution in [-0.2, 0) is 0 Å². The Morgan fingerprint density at radius 1 is 1.15 bits per heavy atom. The van der Waals surface area contributed by atoms with Crippen LogP contribution in [0.4, 0.5) is 5.69 Å². The van der Waals surface area contributed by atoms with Crippen LogP contribution in [0.15, 0.2) is 42.5 Å². The highest BCUT2D eigenvalue weighted by atomic mass is 15.1. The zero-order chi connectivity index (χ0) is 13.8. The molecule has 2 aromatic carbocycles. The normalized spacial score (nSPS) is 19.1. The standard InChI is InChI=1S/C18H24N2/c1-2-20(14-15-7-6-12-19-13-15)18-11-5-9-16-8-3-4-10-17(16)18/h3-5,8-11,15,19H,2,6-7,12-14H2,1H3. The Hall–Kier alpha value is -1.54. The molecular formula is C18H24N2. The average molecular weight is 268 g/mol. The van der Waals surface area contributed by atoms with Crippen LogP contribution in [0.5, 0.6) is 0 Å². The van der Waals surface area contributed by atoms with Crippen LogP contribution in [0.3, 0.4) is 0 Å². The molecule has 1 atom stereocenters. The minimum Gasteiger partial charge on any atom is -0.371 e. The molecule has 0 radical (unpaired) electrons. The number of hydrogen-bond donors (Lipinski definition) is 1. The number of nitrogens with zero attached hydrogens (tertiary/aromatic N) is 1. The lowest BCUT2D eigenvalue weighted by Gasteiger charge is -2.31. The lowest BCUT2D eigenvalue weighted by molar-refractivity contribution is 0.378. The van der Waals surface area contributed by atoms with Gasteiger partial charge < -0.3 is 10.2 Å². The van der Waals surface area contributed by atoms with Gasteiger partial charge in [0.2, 0.25) is 0 Å². The molecule has 0 saturated carbocycles. The van der Waals surface area contributed by atoms with Crippen LogP contribution in [0.1, 0.15) is 19.8 Å². The van der Waals surface area contributed by atoms with Crippen LogP contribution < -0.4 is 10.2 Å². The van der Waals surface area contributed by atoms with Gasteiger partial charge in [-0.2, -0.15) is 0 Å². The van der Waals surface area contributed by atoms with Gasteiger partial charge in [0, 0.05) is 24.2 Å². The smallest absolute Gasteiger partial charge is 0.0445 e. The molecule has 20 heavy (non-hydrogen) atoms. The second kappa shape index (κ2) is 6.27. The summed E-state index contributed by atoms with van der Waals surface area (Å²) in [6.45, 7) is 6.86. The minimum atomic E-state index is 0.780. The summed E-state index contributed by atoms with van der Waals surface area (Å²) in [4.78, 5) is 2.54. The number of hydrogen-bond acceptors (Lipinski definition) is 2. The fraction of sp³-hybridized carbons (Fsp3) is 0.444. The maximum absolute atomic E-state index is 3.53. The van der Waals surface area contributed by atoms with Crippen molar-refractivity contribution >= 4 is 16.5 Å². The van der Waals surface area contributed by atoms with E-state index in [-0.39, 0.29) is 0 Å². The van der Waals surface area contributed by atoms with Gasteiger partial charge in [-0.15, -0.1) is 0 Å². The van der Waals surface area contributed by atoms with Crippen molar-refractivity contribution < 1.29 is 0 Å². The molecule has 0 aromatic heterocycles. The monoisotopic (exact) mass is 268 g/mol. The summed E-state index contributed by atoms with van der Waals surface area (Å²) in [6, 6.07) is 15.4. The predicted molar refractivity (Wildman–Crippen MR) is 87.4 cm³/mol. The third-order valence-electron chi connectivity index (χ3n) is 4.37. The number of piperidine rings is 1. The Balaban J connectivity index is 1.86. The van der Waals surface area contributed by atoms with E-state index in [2.05, 4.69) is 59.6 Å². The molecule has 0 aliphatic carbocycles. The Bertz CT molecular complexity index is 553. The second-order valence-electron chi connectivity index (χ2n) is 5.75. The highest BCUT2D eigenvalue weighted by molar-refractivity contribution is 5.94.